The third-order valence-electron chi connectivity index (χ3n) is 4.02. The number of aldehydes is 1. The van der Waals surface area contributed by atoms with Crippen LogP contribution in [-0.4, -0.2) is 23.7 Å². The molecule has 0 aliphatic carbocycles. The van der Waals surface area contributed by atoms with Crippen molar-refractivity contribution in [3.63, 3.8) is 0 Å². The molecule has 0 fully saturated rings. The second-order valence-corrected chi connectivity index (χ2v) is 6.93. The van der Waals surface area contributed by atoms with Gasteiger partial charge in [0.05, 0.1) is 0 Å². The molecule has 0 spiro atoms. The van der Waals surface area contributed by atoms with Gasteiger partial charge in [-0.2, -0.15) is 0 Å². The molecule has 0 bridgehead atoms. The summed E-state index contributed by atoms with van der Waals surface area (Å²) < 4.78 is 10.9. The van der Waals surface area contributed by atoms with E-state index in [1.165, 1.54) is 5.57 Å². The summed E-state index contributed by atoms with van der Waals surface area (Å²) in [6.45, 7) is 5.85. The first-order chi connectivity index (χ1) is 11.9. The molecule has 1 aromatic heterocycles. The molecule has 5 heteroatoms. The van der Waals surface area contributed by atoms with E-state index in [1.807, 2.05) is 32.1 Å². The Morgan fingerprint density at radius 2 is 2.08 bits per heavy atom. The van der Waals surface area contributed by atoms with E-state index in [0.717, 1.165) is 28.5 Å². The van der Waals surface area contributed by atoms with Crippen molar-refractivity contribution in [3.05, 3.63) is 52.0 Å². The normalized spacial score (nSPS) is 18.3. The highest BCUT2D eigenvalue weighted by molar-refractivity contribution is 9.09. The Hall–Kier alpha value is -1.88. The van der Waals surface area contributed by atoms with Gasteiger partial charge >= 0.3 is 5.97 Å². The Balaban J connectivity index is 1.96. The summed E-state index contributed by atoms with van der Waals surface area (Å²) in [7, 11) is 0. The van der Waals surface area contributed by atoms with Crippen LogP contribution in [0.5, 0.6) is 0 Å². The van der Waals surface area contributed by atoms with Crippen molar-refractivity contribution < 1.29 is 18.7 Å². The molecule has 1 aromatic rings. The lowest BCUT2D eigenvalue weighted by Crippen LogP contribution is -2.08. The van der Waals surface area contributed by atoms with Gasteiger partial charge in [0.15, 0.2) is 12.0 Å². The van der Waals surface area contributed by atoms with Crippen LogP contribution >= 0.6 is 15.9 Å². The van der Waals surface area contributed by atoms with Crippen LogP contribution in [-0.2, 0) is 9.53 Å². The predicted octanol–water partition coefficient (Wildman–Crippen LogP) is 5.17. The lowest BCUT2D eigenvalue weighted by Gasteiger charge is -2.07. The van der Waals surface area contributed by atoms with Gasteiger partial charge in [-0.25, -0.2) is 4.79 Å². The number of carbonyl (C=O) groups excluding carboxylic acids is 2. The van der Waals surface area contributed by atoms with Crippen molar-refractivity contribution in [2.45, 2.75) is 46.1 Å². The van der Waals surface area contributed by atoms with E-state index in [-0.39, 0.29) is 12.1 Å². The number of hydrogen-bond acceptors (Lipinski definition) is 4. The molecule has 0 N–H and O–H groups in total. The highest BCUT2D eigenvalue weighted by Crippen LogP contribution is 2.24. The fourth-order valence-corrected chi connectivity index (χ4v) is 2.91. The van der Waals surface area contributed by atoms with Crippen LogP contribution in [0, 0.1) is 6.92 Å². The topological polar surface area (TPSA) is 56.5 Å². The first-order valence-electron chi connectivity index (χ1n) is 8.29. The van der Waals surface area contributed by atoms with E-state index in [2.05, 4.69) is 28.9 Å². The maximum atomic E-state index is 12.0. The molecule has 0 saturated carbocycles. The highest BCUT2D eigenvalue weighted by atomic mass is 79.9. The van der Waals surface area contributed by atoms with Crippen molar-refractivity contribution in [2.24, 2.45) is 0 Å². The SMILES string of the molecule is C/C(=C/CCC1=C[C@H](C/C(C)=C\c2cc(C)c(C=O)o2)OC1=O)CBr. The second kappa shape index (κ2) is 8.99. The first kappa shape index (κ1) is 19.4. The molecule has 0 saturated heterocycles. The summed E-state index contributed by atoms with van der Waals surface area (Å²) >= 11 is 3.41. The van der Waals surface area contributed by atoms with Gasteiger partial charge in [-0.1, -0.05) is 33.2 Å². The largest absolute Gasteiger partial charge is 0.454 e. The number of alkyl halides is 1. The number of aryl methyl sites for hydroxylation is 1. The van der Waals surface area contributed by atoms with Crippen LogP contribution in [0.3, 0.4) is 0 Å². The lowest BCUT2D eigenvalue weighted by molar-refractivity contribution is -0.139. The van der Waals surface area contributed by atoms with Gasteiger partial charge in [-0.15, -0.1) is 0 Å². The van der Waals surface area contributed by atoms with Crippen LogP contribution in [0.2, 0.25) is 0 Å². The van der Waals surface area contributed by atoms with Crippen molar-refractivity contribution in [1.29, 1.82) is 0 Å². The summed E-state index contributed by atoms with van der Waals surface area (Å²) in [4.78, 5) is 22.8. The van der Waals surface area contributed by atoms with Crippen LogP contribution < -0.4 is 0 Å². The van der Waals surface area contributed by atoms with Crippen molar-refractivity contribution in [2.75, 3.05) is 5.33 Å². The van der Waals surface area contributed by atoms with Crippen molar-refractivity contribution in [1.82, 2.24) is 0 Å². The molecular weight excluding hydrogens is 384 g/mol. The van der Waals surface area contributed by atoms with Crippen LogP contribution in [0.1, 0.15) is 55.0 Å². The first-order valence-corrected chi connectivity index (χ1v) is 9.41. The Morgan fingerprint density at radius 3 is 2.72 bits per heavy atom. The van der Waals surface area contributed by atoms with Crippen molar-refractivity contribution in [3.8, 4) is 0 Å². The number of allylic oxidation sites excluding steroid dienone is 2. The van der Waals surface area contributed by atoms with Crippen molar-refractivity contribution >= 4 is 34.3 Å². The van der Waals surface area contributed by atoms with Gasteiger partial charge < -0.3 is 9.15 Å². The zero-order valence-electron chi connectivity index (χ0n) is 14.8. The Morgan fingerprint density at radius 1 is 1.32 bits per heavy atom. The number of carbonyl (C=O) groups is 2. The monoisotopic (exact) mass is 406 g/mol. The fraction of sp³-hybridized carbons (Fsp3) is 0.400. The maximum absolute atomic E-state index is 12.0. The number of esters is 1. The predicted molar refractivity (Wildman–Crippen MR) is 102 cm³/mol. The fourth-order valence-electron chi connectivity index (χ4n) is 2.68. The van der Waals surface area contributed by atoms with Gasteiger partial charge in [-0.3, -0.25) is 4.79 Å². The Bertz CT molecular complexity index is 737. The lowest BCUT2D eigenvalue weighted by atomic mass is 10.1. The van der Waals surface area contributed by atoms with E-state index in [4.69, 9.17) is 9.15 Å². The second-order valence-electron chi connectivity index (χ2n) is 6.37. The molecule has 4 nitrogen and oxygen atoms in total. The number of ether oxygens (including phenoxy) is 1. The summed E-state index contributed by atoms with van der Waals surface area (Å²) in [6, 6.07) is 1.83. The average molecular weight is 407 g/mol. The number of furan rings is 1. The quantitative estimate of drug-likeness (QED) is 0.258. The molecule has 1 atom stereocenters. The zero-order chi connectivity index (χ0) is 18.4. The average Bonchev–Trinajstić information content (AvgIpc) is 3.09. The number of cyclic esters (lactones) is 1. The summed E-state index contributed by atoms with van der Waals surface area (Å²) in [5.41, 5.74) is 3.84. The summed E-state index contributed by atoms with van der Waals surface area (Å²) in [5.74, 6) is 0.765. The molecule has 2 rings (SSSR count). The summed E-state index contributed by atoms with van der Waals surface area (Å²) in [5, 5.41) is 0.848. The molecule has 0 aromatic carbocycles. The third kappa shape index (κ3) is 5.56. The third-order valence-corrected chi connectivity index (χ3v) is 4.90. The Labute approximate surface area is 156 Å². The molecule has 25 heavy (non-hydrogen) atoms. The van der Waals surface area contributed by atoms with Gasteiger partial charge in [0.1, 0.15) is 11.9 Å². The minimum Gasteiger partial charge on any atom is -0.454 e. The molecule has 1 aliphatic rings. The van der Waals surface area contributed by atoms with E-state index < -0.39 is 0 Å². The van der Waals surface area contributed by atoms with E-state index >= 15 is 0 Å². The molecule has 0 unspecified atom stereocenters. The van der Waals surface area contributed by atoms with E-state index in [1.54, 1.807) is 0 Å². The van der Waals surface area contributed by atoms with Crippen LogP contribution in [0.15, 0.2) is 39.4 Å². The summed E-state index contributed by atoms with van der Waals surface area (Å²) in [6.07, 6.45) is 8.54. The van der Waals surface area contributed by atoms with Gasteiger partial charge in [-0.05, 0) is 57.4 Å². The molecule has 1 aliphatic heterocycles. The van der Waals surface area contributed by atoms with Crippen LogP contribution in [0.4, 0.5) is 0 Å². The molecule has 2 heterocycles. The van der Waals surface area contributed by atoms with E-state index in [9.17, 15) is 9.59 Å². The molecule has 0 radical (unpaired) electrons. The number of rotatable bonds is 8. The van der Waals surface area contributed by atoms with Gasteiger partial charge in [0.25, 0.3) is 0 Å². The number of halogens is 1. The molecule has 134 valence electrons. The maximum Gasteiger partial charge on any atom is 0.334 e. The van der Waals surface area contributed by atoms with Gasteiger partial charge in [0.2, 0.25) is 0 Å². The Kier molecular flexibility index (Phi) is 7.00. The zero-order valence-corrected chi connectivity index (χ0v) is 16.4. The van der Waals surface area contributed by atoms with Crippen LogP contribution in [0.25, 0.3) is 6.08 Å². The van der Waals surface area contributed by atoms with E-state index in [0.29, 0.717) is 30.6 Å². The number of hydrogen-bond donors (Lipinski definition) is 0. The molecular formula is C20H23BrO4. The smallest absolute Gasteiger partial charge is 0.334 e. The minimum absolute atomic E-state index is 0.222. The minimum atomic E-state index is -0.235. The van der Waals surface area contributed by atoms with Gasteiger partial charge in [0, 0.05) is 17.3 Å². The molecule has 0 amide bonds. The standard InChI is InChI=1S/C20H23BrO4/c1-13(11-21)5-4-6-16-10-18(25-20(16)23)8-14(2)7-17-9-15(3)19(12-22)24-17/h5,7,9-10,12,18H,4,6,8,11H2,1-3H3/b13-5-,14-7-/t18-/m0/s1. The highest BCUT2D eigenvalue weighted by Gasteiger charge is 2.24.